The van der Waals surface area contributed by atoms with Gasteiger partial charge in [-0.2, -0.15) is 0 Å². The fraction of sp³-hybridized carbons (Fsp3) is 0.143. The van der Waals surface area contributed by atoms with Crippen molar-refractivity contribution in [2.45, 2.75) is 11.8 Å². The van der Waals surface area contributed by atoms with E-state index in [-0.39, 0.29) is 4.90 Å². The van der Waals surface area contributed by atoms with Crippen LogP contribution in [-0.2, 0) is 10.0 Å². The Morgan fingerprint density at radius 3 is 2.23 bits per heavy atom. The quantitative estimate of drug-likeness (QED) is 0.858. The molecule has 0 saturated heterocycles. The molecule has 0 heterocycles. The van der Waals surface area contributed by atoms with Gasteiger partial charge < -0.3 is 0 Å². The zero-order chi connectivity index (χ0) is 10.2. The van der Waals surface area contributed by atoms with E-state index in [1.54, 1.807) is 6.07 Å². The van der Waals surface area contributed by atoms with Crippen LogP contribution in [0.3, 0.4) is 0 Å². The molecule has 72 valence electrons. The Balaban J connectivity index is 3.53. The lowest BCUT2D eigenvalue weighted by Crippen LogP contribution is -2.13. The summed E-state index contributed by atoms with van der Waals surface area (Å²) >= 11 is 6.42. The number of halogens is 2. The zero-order valence-corrected chi connectivity index (χ0v) is 10.7. The summed E-state index contributed by atoms with van der Waals surface area (Å²) in [4.78, 5) is 0.0879. The Morgan fingerprint density at radius 1 is 1.23 bits per heavy atom. The average Bonchev–Trinajstić information content (AvgIpc) is 1.98. The van der Waals surface area contributed by atoms with E-state index in [1.165, 1.54) is 6.07 Å². The van der Waals surface area contributed by atoms with Crippen LogP contribution >= 0.6 is 31.9 Å². The van der Waals surface area contributed by atoms with Crippen LogP contribution in [0.1, 0.15) is 5.56 Å². The third kappa shape index (κ3) is 2.31. The maximum absolute atomic E-state index is 11.0. The molecule has 0 amide bonds. The summed E-state index contributed by atoms with van der Waals surface area (Å²) in [6, 6.07) is 3.16. The van der Waals surface area contributed by atoms with E-state index < -0.39 is 10.0 Å². The van der Waals surface area contributed by atoms with Gasteiger partial charge in [-0.15, -0.1) is 0 Å². The Kier molecular flexibility index (Phi) is 3.16. The van der Waals surface area contributed by atoms with Crippen molar-refractivity contribution in [3.05, 3.63) is 26.6 Å². The van der Waals surface area contributed by atoms with Crippen LogP contribution in [0.5, 0.6) is 0 Å². The van der Waals surface area contributed by atoms with E-state index in [1.807, 2.05) is 6.92 Å². The maximum atomic E-state index is 11.0. The van der Waals surface area contributed by atoms with E-state index in [9.17, 15) is 8.42 Å². The second-order valence-corrected chi connectivity index (χ2v) is 5.67. The van der Waals surface area contributed by atoms with Gasteiger partial charge in [0.1, 0.15) is 0 Å². The van der Waals surface area contributed by atoms with Crippen LogP contribution in [0.2, 0.25) is 0 Å². The van der Waals surface area contributed by atoms with Crippen LogP contribution in [0.25, 0.3) is 0 Å². The van der Waals surface area contributed by atoms with Crippen molar-refractivity contribution in [3.63, 3.8) is 0 Å². The lowest BCUT2D eigenvalue weighted by molar-refractivity contribution is 0.597. The van der Waals surface area contributed by atoms with Gasteiger partial charge in [0.15, 0.2) is 0 Å². The molecule has 0 aliphatic carbocycles. The van der Waals surface area contributed by atoms with Gasteiger partial charge in [-0.1, -0.05) is 6.07 Å². The van der Waals surface area contributed by atoms with E-state index in [2.05, 4.69) is 31.9 Å². The molecule has 0 bridgehead atoms. The molecule has 0 atom stereocenters. The highest BCUT2D eigenvalue weighted by atomic mass is 79.9. The second-order valence-electron chi connectivity index (χ2n) is 2.55. The van der Waals surface area contributed by atoms with Gasteiger partial charge in [0.25, 0.3) is 0 Å². The Labute approximate surface area is 93.6 Å². The molecule has 0 radical (unpaired) electrons. The summed E-state index contributed by atoms with van der Waals surface area (Å²) in [7, 11) is -3.65. The Hall–Kier alpha value is 0.0900. The number of aryl methyl sites for hydroxylation is 1. The molecular weight excluding hydrogens is 322 g/mol. The summed E-state index contributed by atoms with van der Waals surface area (Å²) in [5, 5.41) is 5.00. The molecular formula is C7H7Br2NO2S. The predicted molar refractivity (Wildman–Crippen MR) is 58.0 cm³/mol. The van der Waals surface area contributed by atoms with Crippen LogP contribution < -0.4 is 5.14 Å². The maximum Gasteiger partial charge on any atom is 0.239 e. The summed E-state index contributed by atoms with van der Waals surface area (Å²) in [5.41, 5.74) is 0.944. The lowest BCUT2D eigenvalue weighted by atomic mass is 10.2. The van der Waals surface area contributed by atoms with Gasteiger partial charge in [-0.05, 0) is 50.4 Å². The van der Waals surface area contributed by atoms with E-state index in [4.69, 9.17) is 5.14 Å². The van der Waals surface area contributed by atoms with Crippen LogP contribution in [0.4, 0.5) is 0 Å². The number of rotatable bonds is 1. The topological polar surface area (TPSA) is 60.2 Å². The third-order valence-corrected chi connectivity index (χ3v) is 5.14. The van der Waals surface area contributed by atoms with Crippen molar-refractivity contribution in [2.24, 2.45) is 5.14 Å². The zero-order valence-electron chi connectivity index (χ0n) is 6.71. The summed E-state index contributed by atoms with van der Waals surface area (Å²) < 4.78 is 23.3. The predicted octanol–water partition coefficient (Wildman–Crippen LogP) is 2.17. The molecule has 0 aliphatic rings. The van der Waals surface area contributed by atoms with E-state index >= 15 is 0 Å². The van der Waals surface area contributed by atoms with Gasteiger partial charge >= 0.3 is 0 Å². The summed E-state index contributed by atoms with van der Waals surface area (Å²) in [6.45, 7) is 1.86. The largest absolute Gasteiger partial charge is 0.239 e. The Morgan fingerprint density at radius 2 is 1.77 bits per heavy atom. The minimum Gasteiger partial charge on any atom is -0.225 e. The molecule has 0 spiro atoms. The molecule has 2 N–H and O–H groups in total. The highest BCUT2D eigenvalue weighted by molar-refractivity contribution is 9.13. The third-order valence-electron chi connectivity index (χ3n) is 1.55. The van der Waals surface area contributed by atoms with Crippen molar-refractivity contribution in [1.82, 2.24) is 0 Å². The van der Waals surface area contributed by atoms with Crippen LogP contribution in [-0.4, -0.2) is 8.42 Å². The minimum atomic E-state index is -3.65. The van der Waals surface area contributed by atoms with Crippen molar-refractivity contribution in [1.29, 1.82) is 0 Å². The van der Waals surface area contributed by atoms with Crippen LogP contribution in [0, 0.1) is 6.92 Å². The normalized spacial score (nSPS) is 11.7. The first-order valence-electron chi connectivity index (χ1n) is 3.31. The number of hydrogen-bond acceptors (Lipinski definition) is 2. The lowest BCUT2D eigenvalue weighted by Gasteiger charge is -2.05. The Bertz CT molecular complexity index is 442. The van der Waals surface area contributed by atoms with Crippen molar-refractivity contribution < 1.29 is 8.42 Å². The SMILES string of the molecule is Cc1ccc(S(N)(=O)=O)c(Br)c1Br. The molecule has 6 heteroatoms. The van der Waals surface area contributed by atoms with E-state index in [0.29, 0.717) is 8.95 Å². The molecule has 1 rings (SSSR count). The number of primary sulfonamides is 1. The molecule has 0 fully saturated rings. The average molecular weight is 329 g/mol. The fourth-order valence-electron chi connectivity index (χ4n) is 0.848. The van der Waals surface area contributed by atoms with Gasteiger partial charge in [0, 0.05) is 4.47 Å². The van der Waals surface area contributed by atoms with Crippen LogP contribution in [0.15, 0.2) is 26.0 Å². The second kappa shape index (κ2) is 3.68. The fourth-order valence-corrected chi connectivity index (χ4v) is 3.06. The first kappa shape index (κ1) is 11.2. The first-order valence-corrected chi connectivity index (χ1v) is 6.44. The summed E-state index contributed by atoms with van der Waals surface area (Å²) in [6.07, 6.45) is 0. The molecule has 0 aromatic heterocycles. The van der Waals surface area contributed by atoms with Crippen molar-refractivity contribution in [3.8, 4) is 0 Å². The molecule has 1 aromatic rings. The van der Waals surface area contributed by atoms with Gasteiger partial charge in [-0.25, -0.2) is 13.6 Å². The monoisotopic (exact) mass is 327 g/mol. The van der Waals surface area contributed by atoms with Crippen molar-refractivity contribution >= 4 is 41.9 Å². The summed E-state index contributed by atoms with van der Waals surface area (Å²) in [5.74, 6) is 0. The van der Waals surface area contributed by atoms with E-state index in [0.717, 1.165) is 5.56 Å². The standard InChI is InChI=1S/C7H7Br2NO2S/c1-4-2-3-5(13(10,11)12)7(9)6(4)8/h2-3H,1H3,(H2,10,11,12). The minimum absolute atomic E-state index is 0.0879. The molecule has 0 aliphatic heterocycles. The molecule has 0 unspecified atom stereocenters. The van der Waals surface area contributed by atoms with Gasteiger partial charge in [0.2, 0.25) is 10.0 Å². The molecule has 13 heavy (non-hydrogen) atoms. The number of sulfonamides is 1. The first-order chi connectivity index (χ1) is 5.84. The highest BCUT2D eigenvalue weighted by Crippen LogP contribution is 2.31. The molecule has 0 saturated carbocycles. The van der Waals surface area contributed by atoms with Gasteiger partial charge in [-0.3, -0.25) is 0 Å². The number of benzene rings is 1. The molecule has 1 aromatic carbocycles. The number of nitrogens with two attached hydrogens (primary N) is 1. The molecule has 3 nitrogen and oxygen atoms in total. The highest BCUT2D eigenvalue weighted by Gasteiger charge is 2.15. The van der Waals surface area contributed by atoms with Gasteiger partial charge in [0.05, 0.1) is 9.37 Å². The number of hydrogen-bond donors (Lipinski definition) is 1. The van der Waals surface area contributed by atoms with Crippen molar-refractivity contribution in [2.75, 3.05) is 0 Å². The smallest absolute Gasteiger partial charge is 0.225 e.